The van der Waals surface area contributed by atoms with Gasteiger partial charge in [0.15, 0.2) is 11.5 Å². The van der Waals surface area contributed by atoms with Crippen LogP contribution in [0.5, 0.6) is 0 Å². The van der Waals surface area contributed by atoms with E-state index in [1.807, 2.05) is 0 Å². The van der Waals surface area contributed by atoms with Gasteiger partial charge in [-0.3, -0.25) is 4.79 Å². The molecule has 0 spiro atoms. The Bertz CT molecular complexity index is 1100. The molecule has 27 heavy (non-hydrogen) atoms. The summed E-state index contributed by atoms with van der Waals surface area (Å²) in [6.45, 7) is 1.23. The first kappa shape index (κ1) is 18.9. The van der Waals surface area contributed by atoms with Crippen molar-refractivity contribution in [1.29, 1.82) is 0 Å². The smallest absolute Gasteiger partial charge is 0.280 e. The van der Waals surface area contributed by atoms with Gasteiger partial charge in [-0.15, -0.1) is 3.71 Å². The molecule has 2 aromatic carbocycles. The fourth-order valence-electron chi connectivity index (χ4n) is 2.36. The van der Waals surface area contributed by atoms with Gasteiger partial charge in [-0.2, -0.15) is 16.8 Å². The standard InChI is InChI=1S/C18H15NO6S2/c1-14(20)17-12-13-18(25-17)19(26(21,22)15-8-4-2-5-9-15)27(23,24)16-10-6-3-7-11-16/h2-13H,1H3. The fourth-order valence-corrected chi connectivity index (χ4v) is 5.96. The van der Waals surface area contributed by atoms with E-state index in [1.165, 1.54) is 61.5 Å². The highest BCUT2D eigenvalue weighted by atomic mass is 32.3. The van der Waals surface area contributed by atoms with Gasteiger partial charge in [0.2, 0.25) is 5.88 Å². The molecule has 0 atom stereocenters. The number of Topliss-reactive ketones (excluding diaryl/α,β-unsaturated/α-hetero) is 1. The van der Waals surface area contributed by atoms with E-state index in [0.717, 1.165) is 6.07 Å². The lowest BCUT2D eigenvalue weighted by molar-refractivity contribution is 0.0988. The number of sulfonamides is 2. The molecule has 3 aromatic rings. The molecule has 1 heterocycles. The first-order valence-electron chi connectivity index (χ1n) is 7.76. The molecule has 0 amide bonds. The number of furan rings is 1. The molecule has 0 N–H and O–H groups in total. The van der Waals surface area contributed by atoms with Crippen LogP contribution in [0.1, 0.15) is 17.5 Å². The molecule has 0 unspecified atom stereocenters. The summed E-state index contributed by atoms with van der Waals surface area (Å²) in [4.78, 5) is 11.0. The van der Waals surface area contributed by atoms with E-state index in [1.54, 1.807) is 12.1 Å². The molecule has 7 nitrogen and oxygen atoms in total. The molecule has 1 aromatic heterocycles. The number of hydrogen-bond acceptors (Lipinski definition) is 6. The second-order valence-electron chi connectivity index (χ2n) is 5.53. The van der Waals surface area contributed by atoms with Crippen molar-refractivity contribution >= 4 is 31.7 Å². The number of carbonyl (C=O) groups is 1. The minimum absolute atomic E-state index is 0.151. The maximum Gasteiger partial charge on any atom is 0.280 e. The minimum Gasteiger partial charge on any atom is -0.435 e. The van der Waals surface area contributed by atoms with Gasteiger partial charge in [0.05, 0.1) is 9.79 Å². The molecule has 0 fully saturated rings. The normalized spacial score (nSPS) is 11.9. The highest BCUT2D eigenvalue weighted by molar-refractivity contribution is 8.10. The van der Waals surface area contributed by atoms with Gasteiger partial charge in [-0.05, 0) is 30.3 Å². The van der Waals surface area contributed by atoms with Crippen molar-refractivity contribution in [3.8, 4) is 0 Å². The van der Waals surface area contributed by atoms with Crippen LogP contribution in [0.25, 0.3) is 0 Å². The van der Waals surface area contributed by atoms with Crippen LogP contribution in [0.2, 0.25) is 0 Å². The SMILES string of the molecule is CC(=O)c1ccc(N(S(=O)(=O)c2ccccc2)S(=O)(=O)c2ccccc2)o1. The third kappa shape index (κ3) is 3.51. The van der Waals surface area contributed by atoms with E-state index >= 15 is 0 Å². The van der Waals surface area contributed by atoms with Crippen molar-refractivity contribution in [3.05, 3.63) is 78.6 Å². The number of hydrogen-bond donors (Lipinski definition) is 0. The maximum absolute atomic E-state index is 13.1. The van der Waals surface area contributed by atoms with E-state index in [9.17, 15) is 21.6 Å². The highest BCUT2D eigenvalue weighted by Crippen LogP contribution is 2.32. The summed E-state index contributed by atoms with van der Waals surface area (Å²) in [7, 11) is -9.06. The second kappa shape index (κ2) is 7.01. The van der Waals surface area contributed by atoms with E-state index < -0.39 is 31.7 Å². The summed E-state index contributed by atoms with van der Waals surface area (Å²) in [5, 5.41) is 0. The number of anilines is 1. The molecule has 0 bridgehead atoms. The third-order valence-corrected chi connectivity index (χ3v) is 7.78. The first-order chi connectivity index (χ1) is 12.7. The van der Waals surface area contributed by atoms with Crippen molar-refractivity contribution in [2.24, 2.45) is 0 Å². The molecular formula is C18H15NO6S2. The zero-order valence-corrected chi connectivity index (χ0v) is 15.8. The van der Waals surface area contributed by atoms with Crippen molar-refractivity contribution in [2.75, 3.05) is 3.71 Å². The molecule has 0 aliphatic rings. The Morgan fingerprint density at radius 3 is 1.56 bits per heavy atom. The second-order valence-corrected chi connectivity index (χ2v) is 9.33. The van der Waals surface area contributed by atoms with Crippen LogP contribution in [-0.2, 0) is 20.0 Å². The molecule has 0 aliphatic heterocycles. The van der Waals surface area contributed by atoms with Crippen LogP contribution in [0.3, 0.4) is 0 Å². The van der Waals surface area contributed by atoms with Gasteiger partial charge >= 0.3 is 0 Å². The number of carbonyl (C=O) groups excluding carboxylic acids is 1. The monoisotopic (exact) mass is 405 g/mol. The quantitative estimate of drug-likeness (QED) is 0.584. The first-order valence-corrected chi connectivity index (χ1v) is 10.6. The van der Waals surface area contributed by atoms with E-state index in [-0.39, 0.29) is 19.3 Å². The highest BCUT2D eigenvalue weighted by Gasteiger charge is 2.39. The Labute approximate surface area is 157 Å². The maximum atomic E-state index is 13.1. The zero-order chi connectivity index (χ0) is 19.7. The van der Waals surface area contributed by atoms with Gasteiger partial charge in [0.25, 0.3) is 20.0 Å². The predicted molar refractivity (Wildman–Crippen MR) is 98.4 cm³/mol. The van der Waals surface area contributed by atoms with Crippen molar-refractivity contribution in [3.63, 3.8) is 0 Å². The number of benzene rings is 2. The Morgan fingerprint density at radius 1 is 0.741 bits per heavy atom. The number of ketones is 1. The predicted octanol–water partition coefficient (Wildman–Crippen LogP) is 3.07. The molecule has 0 radical (unpaired) electrons. The molecule has 140 valence electrons. The van der Waals surface area contributed by atoms with Crippen molar-refractivity contribution in [2.45, 2.75) is 16.7 Å². The van der Waals surface area contributed by atoms with Gasteiger partial charge in [0, 0.05) is 13.0 Å². The zero-order valence-electron chi connectivity index (χ0n) is 14.1. The average molecular weight is 405 g/mol. The molecule has 0 saturated carbocycles. The van der Waals surface area contributed by atoms with Crippen molar-refractivity contribution in [1.82, 2.24) is 0 Å². The molecule has 0 saturated heterocycles. The fraction of sp³-hybridized carbons (Fsp3) is 0.0556. The van der Waals surface area contributed by atoms with E-state index in [2.05, 4.69) is 0 Å². The van der Waals surface area contributed by atoms with Crippen LogP contribution in [0.4, 0.5) is 5.88 Å². The Kier molecular flexibility index (Phi) is 4.90. The van der Waals surface area contributed by atoms with E-state index in [0.29, 0.717) is 0 Å². The van der Waals surface area contributed by atoms with Gasteiger partial charge in [-0.1, -0.05) is 36.4 Å². The Hall–Kier alpha value is -2.91. The van der Waals surface area contributed by atoms with Gasteiger partial charge in [-0.25, -0.2) is 0 Å². The lowest BCUT2D eigenvalue weighted by Crippen LogP contribution is -2.36. The van der Waals surface area contributed by atoms with Gasteiger partial charge in [0.1, 0.15) is 0 Å². The van der Waals surface area contributed by atoms with Crippen LogP contribution in [-0.4, -0.2) is 22.6 Å². The summed E-state index contributed by atoms with van der Waals surface area (Å²) in [5.74, 6) is -1.11. The molecule has 0 aliphatic carbocycles. The molecule has 9 heteroatoms. The van der Waals surface area contributed by atoms with Crippen LogP contribution in [0, 0.1) is 0 Å². The van der Waals surface area contributed by atoms with E-state index in [4.69, 9.17) is 4.42 Å². The summed E-state index contributed by atoms with van der Waals surface area (Å²) in [5.41, 5.74) is 0. The third-order valence-electron chi connectivity index (χ3n) is 3.64. The Balaban J connectivity index is 2.26. The largest absolute Gasteiger partial charge is 0.435 e. The summed E-state index contributed by atoms with van der Waals surface area (Å²) in [6, 6.07) is 16.6. The number of nitrogens with zero attached hydrogens (tertiary/aromatic N) is 1. The molecular weight excluding hydrogens is 390 g/mol. The number of rotatable bonds is 6. The van der Waals surface area contributed by atoms with Crippen molar-refractivity contribution < 1.29 is 26.0 Å². The summed E-state index contributed by atoms with van der Waals surface area (Å²) in [6.07, 6.45) is 0. The molecule has 3 rings (SSSR count). The summed E-state index contributed by atoms with van der Waals surface area (Å²) < 4.78 is 58.0. The topological polar surface area (TPSA) is 102 Å². The lowest BCUT2D eigenvalue weighted by Gasteiger charge is -2.21. The summed E-state index contributed by atoms with van der Waals surface area (Å²) >= 11 is 0. The Morgan fingerprint density at radius 2 is 1.19 bits per heavy atom. The van der Waals surface area contributed by atoms with Crippen LogP contribution < -0.4 is 3.71 Å². The van der Waals surface area contributed by atoms with Crippen LogP contribution in [0.15, 0.2) is 87.0 Å². The van der Waals surface area contributed by atoms with Crippen LogP contribution >= 0.6 is 0 Å². The lowest BCUT2D eigenvalue weighted by atomic mass is 10.3. The van der Waals surface area contributed by atoms with Gasteiger partial charge < -0.3 is 4.42 Å². The minimum atomic E-state index is -4.53. The average Bonchev–Trinajstić information content (AvgIpc) is 3.12.